The molecule has 0 aliphatic heterocycles. The molecule has 3 aromatic carbocycles. The van der Waals surface area contributed by atoms with E-state index in [1.807, 2.05) is 0 Å². The zero-order valence-electron chi connectivity index (χ0n) is 15.1. The first-order valence-corrected chi connectivity index (χ1v) is 11.0. The normalized spacial score (nSPS) is 11.0. The largest absolute Gasteiger partial charge is 0.545 e. The highest BCUT2D eigenvalue weighted by Crippen LogP contribution is 2.24. The Morgan fingerprint density at radius 3 is 2.30 bits per heavy atom. The molecule has 2 N–H and O–H groups in total. The maximum Gasteiger partial charge on any atom is 0.261 e. The summed E-state index contributed by atoms with van der Waals surface area (Å²) in [6.45, 7) is 0. The number of benzene rings is 3. The van der Waals surface area contributed by atoms with Gasteiger partial charge >= 0.3 is 0 Å². The van der Waals surface area contributed by atoms with Crippen LogP contribution in [0, 0.1) is 0 Å². The van der Waals surface area contributed by atoms with Crippen molar-refractivity contribution in [3.05, 3.63) is 87.4 Å². The van der Waals surface area contributed by atoms with Crippen molar-refractivity contribution in [2.24, 2.45) is 0 Å². The first-order valence-electron chi connectivity index (χ1n) is 8.36. The number of carbonyl (C=O) groups excluding carboxylic acids is 2. The molecule has 10 heteroatoms. The first kappa shape index (κ1) is 21.8. The smallest absolute Gasteiger partial charge is 0.261 e. The monoisotopic (exact) mass is 507 g/mol. The van der Waals surface area contributed by atoms with Gasteiger partial charge in [-0.15, -0.1) is 0 Å². The summed E-state index contributed by atoms with van der Waals surface area (Å²) in [4.78, 5) is 23.4. The summed E-state index contributed by atoms with van der Waals surface area (Å²) in [5, 5.41) is 13.5. The number of hydrogen-bond acceptors (Lipinski definition) is 5. The van der Waals surface area contributed by atoms with Crippen LogP contribution in [0.1, 0.15) is 20.7 Å². The molecule has 0 radical (unpaired) electrons. The van der Waals surface area contributed by atoms with Crippen LogP contribution in [-0.2, 0) is 10.0 Å². The van der Waals surface area contributed by atoms with E-state index in [9.17, 15) is 23.1 Å². The predicted octanol–water partition coefficient (Wildman–Crippen LogP) is 3.52. The minimum Gasteiger partial charge on any atom is -0.545 e. The van der Waals surface area contributed by atoms with E-state index in [1.165, 1.54) is 36.4 Å². The number of carboxylic acid groups (broad SMARTS) is 1. The van der Waals surface area contributed by atoms with E-state index in [1.54, 1.807) is 24.3 Å². The zero-order chi connectivity index (χ0) is 21.9. The van der Waals surface area contributed by atoms with Gasteiger partial charge in [-0.25, -0.2) is 8.42 Å². The van der Waals surface area contributed by atoms with Gasteiger partial charge in [0.25, 0.3) is 15.9 Å². The molecule has 30 heavy (non-hydrogen) atoms. The van der Waals surface area contributed by atoms with Crippen LogP contribution in [0.2, 0.25) is 5.02 Å². The van der Waals surface area contributed by atoms with Gasteiger partial charge in [0.1, 0.15) is 0 Å². The number of halogens is 2. The minimum atomic E-state index is -3.98. The van der Waals surface area contributed by atoms with Gasteiger partial charge in [0.2, 0.25) is 0 Å². The number of hydrogen-bond donors (Lipinski definition) is 2. The van der Waals surface area contributed by atoms with E-state index in [-0.39, 0.29) is 26.7 Å². The SMILES string of the molecule is O=C([O-])c1cccc(NC(=O)c2cc(S(=O)(=O)Nc3ccc(Br)cc3)ccc2Cl)c1. The van der Waals surface area contributed by atoms with Gasteiger partial charge in [-0.05, 0) is 60.2 Å². The summed E-state index contributed by atoms with van der Waals surface area (Å²) in [5.74, 6) is -2.09. The molecule has 0 saturated carbocycles. The van der Waals surface area contributed by atoms with E-state index in [2.05, 4.69) is 26.0 Å². The van der Waals surface area contributed by atoms with E-state index < -0.39 is 21.9 Å². The number of sulfonamides is 1. The molecule has 154 valence electrons. The van der Waals surface area contributed by atoms with Crippen LogP contribution in [-0.4, -0.2) is 20.3 Å². The molecule has 0 heterocycles. The molecule has 7 nitrogen and oxygen atoms in total. The predicted molar refractivity (Wildman–Crippen MR) is 115 cm³/mol. The average Bonchev–Trinajstić information content (AvgIpc) is 2.70. The molecule has 0 unspecified atom stereocenters. The lowest BCUT2D eigenvalue weighted by Gasteiger charge is -2.12. The Balaban J connectivity index is 1.87. The topological polar surface area (TPSA) is 115 Å². The summed E-state index contributed by atoms with van der Waals surface area (Å²) in [6, 6.07) is 15.7. The molecule has 0 saturated heterocycles. The number of amides is 1. The second-order valence-electron chi connectivity index (χ2n) is 6.08. The van der Waals surface area contributed by atoms with Crippen molar-refractivity contribution < 1.29 is 23.1 Å². The summed E-state index contributed by atoms with van der Waals surface area (Å²) in [7, 11) is -3.98. The van der Waals surface area contributed by atoms with Crippen molar-refractivity contribution in [3.63, 3.8) is 0 Å². The third kappa shape index (κ3) is 5.18. The lowest BCUT2D eigenvalue weighted by Crippen LogP contribution is -2.22. The minimum absolute atomic E-state index is 0.0335. The molecule has 3 rings (SSSR count). The number of carbonyl (C=O) groups is 2. The van der Waals surface area contributed by atoms with Crippen LogP contribution >= 0.6 is 27.5 Å². The van der Waals surface area contributed by atoms with Crippen molar-refractivity contribution in [3.8, 4) is 0 Å². The number of rotatable bonds is 6. The molecular weight excluding hydrogens is 496 g/mol. The molecule has 0 aliphatic carbocycles. The zero-order valence-corrected chi connectivity index (χ0v) is 18.2. The van der Waals surface area contributed by atoms with Crippen molar-refractivity contribution in [2.75, 3.05) is 10.0 Å². The molecule has 1 amide bonds. The quantitative estimate of drug-likeness (QED) is 0.529. The fraction of sp³-hybridized carbons (Fsp3) is 0. The number of nitrogens with one attached hydrogen (secondary N) is 2. The molecule has 0 spiro atoms. The lowest BCUT2D eigenvalue weighted by molar-refractivity contribution is -0.255. The van der Waals surface area contributed by atoms with Gasteiger partial charge < -0.3 is 15.2 Å². The van der Waals surface area contributed by atoms with Crippen LogP contribution in [0.5, 0.6) is 0 Å². The van der Waals surface area contributed by atoms with E-state index in [0.29, 0.717) is 5.69 Å². The summed E-state index contributed by atoms with van der Waals surface area (Å²) in [5.41, 5.74) is 0.334. The molecule has 0 fully saturated rings. The van der Waals surface area contributed by atoms with Gasteiger partial charge in [0, 0.05) is 15.8 Å². The Morgan fingerprint density at radius 2 is 1.63 bits per heavy atom. The van der Waals surface area contributed by atoms with Crippen LogP contribution in [0.3, 0.4) is 0 Å². The van der Waals surface area contributed by atoms with Crippen LogP contribution in [0.15, 0.2) is 76.1 Å². The second-order valence-corrected chi connectivity index (χ2v) is 9.08. The van der Waals surface area contributed by atoms with Crippen molar-refractivity contribution in [1.29, 1.82) is 0 Å². The lowest BCUT2D eigenvalue weighted by atomic mass is 10.1. The highest BCUT2D eigenvalue weighted by molar-refractivity contribution is 9.10. The van der Waals surface area contributed by atoms with Gasteiger partial charge in [0.15, 0.2) is 0 Å². The Hall–Kier alpha value is -2.88. The number of aromatic carboxylic acids is 1. The van der Waals surface area contributed by atoms with Crippen LogP contribution in [0.25, 0.3) is 0 Å². The summed E-state index contributed by atoms with van der Waals surface area (Å²) in [6.07, 6.45) is 0. The standard InChI is InChI=1S/C20H14BrClN2O5S/c21-13-4-6-14(7-5-13)24-30(28,29)16-8-9-18(22)17(11-16)19(25)23-15-3-1-2-12(10-15)20(26)27/h1-11,24H,(H,23,25)(H,26,27)/p-1. The van der Waals surface area contributed by atoms with E-state index >= 15 is 0 Å². The highest BCUT2D eigenvalue weighted by Gasteiger charge is 2.19. The fourth-order valence-electron chi connectivity index (χ4n) is 2.50. The average molecular weight is 509 g/mol. The van der Waals surface area contributed by atoms with Crippen LogP contribution < -0.4 is 15.1 Å². The summed E-state index contributed by atoms with van der Waals surface area (Å²) >= 11 is 9.35. The summed E-state index contributed by atoms with van der Waals surface area (Å²) < 4.78 is 28.6. The maximum absolute atomic E-state index is 12.7. The van der Waals surface area contributed by atoms with Crippen molar-refractivity contribution in [1.82, 2.24) is 0 Å². The molecule has 0 atom stereocenters. The molecule has 0 aromatic heterocycles. The highest BCUT2D eigenvalue weighted by atomic mass is 79.9. The second kappa shape index (κ2) is 8.86. The van der Waals surface area contributed by atoms with Gasteiger partial charge in [-0.3, -0.25) is 9.52 Å². The van der Waals surface area contributed by atoms with E-state index in [0.717, 1.165) is 10.5 Å². The molecule has 0 bridgehead atoms. The fourth-order valence-corrected chi connectivity index (χ4v) is 4.05. The number of anilines is 2. The number of carboxylic acids is 1. The van der Waals surface area contributed by atoms with Crippen molar-refractivity contribution >= 4 is 60.8 Å². The third-order valence-electron chi connectivity index (χ3n) is 3.95. The Bertz CT molecular complexity index is 1230. The van der Waals surface area contributed by atoms with Crippen molar-refractivity contribution in [2.45, 2.75) is 4.90 Å². The Labute approximate surface area is 185 Å². The Kier molecular flexibility index (Phi) is 6.45. The van der Waals surface area contributed by atoms with Gasteiger partial charge in [-0.2, -0.15) is 0 Å². The van der Waals surface area contributed by atoms with Gasteiger partial charge in [0.05, 0.1) is 21.5 Å². The molecule has 3 aromatic rings. The maximum atomic E-state index is 12.7. The Morgan fingerprint density at radius 1 is 0.933 bits per heavy atom. The first-order chi connectivity index (χ1) is 14.2. The van der Waals surface area contributed by atoms with Gasteiger partial charge in [-0.1, -0.05) is 39.7 Å². The molecular formula is C20H13BrClN2O5S-. The van der Waals surface area contributed by atoms with E-state index in [4.69, 9.17) is 11.6 Å². The van der Waals surface area contributed by atoms with Crippen LogP contribution in [0.4, 0.5) is 11.4 Å². The molecule has 0 aliphatic rings. The third-order valence-corrected chi connectivity index (χ3v) is 6.18.